The Morgan fingerprint density at radius 1 is 1.18 bits per heavy atom. The maximum absolute atomic E-state index is 12.3. The SMILES string of the molecule is CCOC(=O)c1sc2ccccc2c1-c1ccc(C#N)cc1. The molecule has 1 heterocycles. The number of carbonyl (C=O) groups is 1. The number of fused-ring (bicyclic) bond motifs is 1. The molecule has 3 rings (SSSR count). The number of esters is 1. The van der Waals surface area contributed by atoms with E-state index >= 15 is 0 Å². The Morgan fingerprint density at radius 3 is 2.59 bits per heavy atom. The highest BCUT2D eigenvalue weighted by atomic mass is 32.1. The van der Waals surface area contributed by atoms with Crippen LogP contribution < -0.4 is 0 Å². The van der Waals surface area contributed by atoms with Crippen LogP contribution in [0, 0.1) is 11.3 Å². The number of thiophene rings is 1. The van der Waals surface area contributed by atoms with Gasteiger partial charge in [0.1, 0.15) is 4.88 Å². The van der Waals surface area contributed by atoms with Gasteiger partial charge in [-0.05, 0) is 30.7 Å². The van der Waals surface area contributed by atoms with Crippen LogP contribution in [0.1, 0.15) is 22.2 Å². The van der Waals surface area contributed by atoms with Crippen LogP contribution in [0.3, 0.4) is 0 Å². The van der Waals surface area contributed by atoms with E-state index in [2.05, 4.69) is 6.07 Å². The van der Waals surface area contributed by atoms with Crippen molar-refractivity contribution in [2.45, 2.75) is 6.92 Å². The highest BCUT2D eigenvalue weighted by molar-refractivity contribution is 7.21. The first-order chi connectivity index (χ1) is 10.7. The van der Waals surface area contributed by atoms with Crippen LogP contribution in [-0.4, -0.2) is 12.6 Å². The normalized spacial score (nSPS) is 10.4. The lowest BCUT2D eigenvalue weighted by atomic mass is 10.0. The fourth-order valence-corrected chi connectivity index (χ4v) is 3.50. The van der Waals surface area contributed by atoms with Crippen LogP contribution in [0.5, 0.6) is 0 Å². The summed E-state index contributed by atoms with van der Waals surface area (Å²) >= 11 is 1.44. The van der Waals surface area contributed by atoms with E-state index in [9.17, 15) is 4.79 Å². The third-order valence-electron chi connectivity index (χ3n) is 3.36. The lowest BCUT2D eigenvalue weighted by molar-refractivity contribution is 0.0533. The van der Waals surface area contributed by atoms with Crippen LogP contribution in [-0.2, 0) is 4.74 Å². The molecule has 0 aliphatic rings. The minimum atomic E-state index is -0.303. The number of carbonyl (C=O) groups excluding carboxylic acids is 1. The zero-order valence-electron chi connectivity index (χ0n) is 12.0. The fraction of sp³-hybridized carbons (Fsp3) is 0.111. The molecule has 0 radical (unpaired) electrons. The zero-order chi connectivity index (χ0) is 15.5. The van der Waals surface area contributed by atoms with Crippen LogP contribution in [0.2, 0.25) is 0 Å². The molecule has 0 fully saturated rings. The lowest BCUT2D eigenvalue weighted by Crippen LogP contribution is -2.03. The third-order valence-corrected chi connectivity index (χ3v) is 4.51. The van der Waals surface area contributed by atoms with Crippen molar-refractivity contribution < 1.29 is 9.53 Å². The number of ether oxygens (including phenoxy) is 1. The predicted octanol–water partition coefficient (Wildman–Crippen LogP) is 4.62. The van der Waals surface area contributed by atoms with Crippen molar-refractivity contribution in [2.24, 2.45) is 0 Å². The molecule has 0 aliphatic carbocycles. The monoisotopic (exact) mass is 307 g/mol. The van der Waals surface area contributed by atoms with Gasteiger partial charge in [0.15, 0.2) is 0 Å². The smallest absolute Gasteiger partial charge is 0.348 e. The quantitative estimate of drug-likeness (QED) is 0.664. The average molecular weight is 307 g/mol. The van der Waals surface area contributed by atoms with Crippen molar-refractivity contribution in [1.82, 2.24) is 0 Å². The second-order valence-corrected chi connectivity index (χ2v) is 5.76. The zero-order valence-corrected chi connectivity index (χ0v) is 12.8. The van der Waals surface area contributed by atoms with Gasteiger partial charge in [0, 0.05) is 15.6 Å². The summed E-state index contributed by atoms with van der Waals surface area (Å²) in [7, 11) is 0. The van der Waals surface area contributed by atoms with E-state index in [4.69, 9.17) is 10.00 Å². The summed E-state index contributed by atoms with van der Waals surface area (Å²) in [5.74, 6) is -0.303. The number of nitriles is 1. The Labute approximate surface area is 132 Å². The molecule has 1 aromatic heterocycles. The third kappa shape index (κ3) is 2.47. The van der Waals surface area contributed by atoms with Crippen molar-refractivity contribution in [3.63, 3.8) is 0 Å². The van der Waals surface area contributed by atoms with Gasteiger partial charge in [0.2, 0.25) is 0 Å². The van der Waals surface area contributed by atoms with Crippen molar-refractivity contribution in [3.05, 3.63) is 59.0 Å². The summed E-state index contributed by atoms with van der Waals surface area (Å²) in [6, 6.07) is 17.3. The van der Waals surface area contributed by atoms with Crippen molar-refractivity contribution >= 4 is 27.4 Å². The van der Waals surface area contributed by atoms with Crippen molar-refractivity contribution in [2.75, 3.05) is 6.61 Å². The van der Waals surface area contributed by atoms with Crippen LogP contribution in [0.15, 0.2) is 48.5 Å². The first-order valence-corrected chi connectivity index (χ1v) is 7.75. The Kier molecular flexibility index (Phi) is 3.90. The van der Waals surface area contributed by atoms with Gasteiger partial charge in [0.25, 0.3) is 0 Å². The highest BCUT2D eigenvalue weighted by Crippen LogP contribution is 2.39. The summed E-state index contributed by atoms with van der Waals surface area (Å²) < 4.78 is 6.23. The highest BCUT2D eigenvalue weighted by Gasteiger charge is 2.20. The van der Waals surface area contributed by atoms with Gasteiger partial charge in [-0.1, -0.05) is 30.3 Å². The molecule has 0 spiro atoms. The minimum absolute atomic E-state index is 0.303. The molecule has 0 N–H and O–H groups in total. The molecule has 0 bridgehead atoms. The molecule has 3 nitrogen and oxygen atoms in total. The van der Waals surface area contributed by atoms with Gasteiger partial charge >= 0.3 is 5.97 Å². The van der Waals surface area contributed by atoms with Gasteiger partial charge in [-0.3, -0.25) is 0 Å². The predicted molar refractivity (Wildman–Crippen MR) is 87.9 cm³/mol. The number of benzene rings is 2. The molecule has 0 aliphatic heterocycles. The fourth-order valence-electron chi connectivity index (χ4n) is 2.38. The largest absolute Gasteiger partial charge is 0.462 e. The Morgan fingerprint density at radius 2 is 1.91 bits per heavy atom. The van der Waals surface area contributed by atoms with Gasteiger partial charge in [-0.15, -0.1) is 11.3 Å². The molecular formula is C18H13NO2S. The van der Waals surface area contributed by atoms with Crippen LogP contribution >= 0.6 is 11.3 Å². The van der Waals surface area contributed by atoms with Gasteiger partial charge in [0.05, 0.1) is 18.2 Å². The molecule has 3 aromatic rings. The molecule has 0 atom stereocenters. The first kappa shape index (κ1) is 14.3. The van der Waals surface area contributed by atoms with Gasteiger partial charge in [-0.2, -0.15) is 5.26 Å². The lowest BCUT2D eigenvalue weighted by Gasteiger charge is -2.05. The number of hydrogen-bond acceptors (Lipinski definition) is 4. The van der Waals surface area contributed by atoms with E-state index in [0.29, 0.717) is 17.0 Å². The number of rotatable bonds is 3. The van der Waals surface area contributed by atoms with Crippen LogP contribution in [0.4, 0.5) is 0 Å². The Bertz CT molecular complexity index is 872. The Hall–Kier alpha value is -2.64. The second kappa shape index (κ2) is 6.00. The van der Waals surface area contributed by atoms with Gasteiger partial charge < -0.3 is 4.74 Å². The molecule has 0 amide bonds. The van der Waals surface area contributed by atoms with E-state index in [1.165, 1.54) is 11.3 Å². The summed E-state index contributed by atoms with van der Waals surface area (Å²) in [4.78, 5) is 12.9. The maximum atomic E-state index is 12.3. The molecule has 4 heteroatoms. The molecule has 22 heavy (non-hydrogen) atoms. The summed E-state index contributed by atoms with van der Waals surface area (Å²) in [5.41, 5.74) is 2.39. The Balaban J connectivity index is 2.22. The van der Waals surface area contributed by atoms with E-state index in [1.54, 1.807) is 19.1 Å². The summed E-state index contributed by atoms with van der Waals surface area (Å²) in [6.07, 6.45) is 0. The molecule has 0 saturated carbocycles. The number of nitrogens with zero attached hydrogens (tertiary/aromatic N) is 1. The molecule has 0 unspecified atom stereocenters. The molecule has 108 valence electrons. The summed E-state index contributed by atoms with van der Waals surface area (Å²) in [6.45, 7) is 2.15. The van der Waals surface area contributed by atoms with Crippen molar-refractivity contribution in [1.29, 1.82) is 5.26 Å². The number of hydrogen-bond donors (Lipinski definition) is 0. The van der Waals surface area contributed by atoms with E-state index in [0.717, 1.165) is 21.2 Å². The van der Waals surface area contributed by atoms with E-state index in [-0.39, 0.29) is 5.97 Å². The molecule has 0 saturated heterocycles. The van der Waals surface area contributed by atoms with Gasteiger partial charge in [-0.25, -0.2) is 4.79 Å². The van der Waals surface area contributed by atoms with Crippen molar-refractivity contribution in [3.8, 4) is 17.2 Å². The first-order valence-electron chi connectivity index (χ1n) is 6.93. The topological polar surface area (TPSA) is 50.1 Å². The summed E-state index contributed by atoms with van der Waals surface area (Å²) in [5, 5.41) is 9.95. The van der Waals surface area contributed by atoms with E-state index < -0.39 is 0 Å². The second-order valence-electron chi connectivity index (χ2n) is 4.71. The molecule has 2 aromatic carbocycles. The molecular weight excluding hydrogens is 294 g/mol. The van der Waals surface area contributed by atoms with Crippen LogP contribution in [0.25, 0.3) is 21.2 Å². The standard InChI is InChI=1S/C18H13NO2S/c1-2-21-18(20)17-16(13-9-7-12(11-19)8-10-13)14-5-3-4-6-15(14)22-17/h3-10H,2H2,1H3. The minimum Gasteiger partial charge on any atom is -0.462 e. The average Bonchev–Trinajstić information content (AvgIpc) is 2.95. The maximum Gasteiger partial charge on any atom is 0.348 e. The van der Waals surface area contributed by atoms with E-state index in [1.807, 2.05) is 36.4 Å².